The third-order valence-electron chi connectivity index (χ3n) is 3.53. The summed E-state index contributed by atoms with van der Waals surface area (Å²) in [6.07, 6.45) is 0. The number of para-hydroxylation sites is 1. The summed E-state index contributed by atoms with van der Waals surface area (Å²) in [5, 5.41) is 16.1. The van der Waals surface area contributed by atoms with Crippen molar-refractivity contribution in [2.24, 2.45) is 5.10 Å². The van der Waals surface area contributed by atoms with Crippen molar-refractivity contribution in [3.63, 3.8) is 0 Å². The second-order valence-corrected chi connectivity index (χ2v) is 5.21. The Morgan fingerprint density at radius 1 is 1.29 bits per heavy atom. The van der Waals surface area contributed by atoms with Crippen LogP contribution in [-0.2, 0) is 4.79 Å². The lowest BCUT2D eigenvalue weighted by Gasteiger charge is -2.18. The molecular formula is C17H15N3O4. The Kier molecular flexibility index (Phi) is 4.15. The number of aromatic carboxylic acids is 1. The minimum Gasteiger partial charge on any atom is -0.482 e. The van der Waals surface area contributed by atoms with Gasteiger partial charge < -0.3 is 15.2 Å². The molecule has 7 nitrogen and oxygen atoms in total. The molecule has 122 valence electrons. The first-order valence-electron chi connectivity index (χ1n) is 7.24. The highest BCUT2D eigenvalue weighted by Crippen LogP contribution is 2.28. The van der Waals surface area contributed by atoms with Crippen molar-refractivity contribution in [1.29, 1.82) is 0 Å². The topological polar surface area (TPSA) is 100 Å². The first kappa shape index (κ1) is 15.5. The number of amides is 1. The zero-order valence-electron chi connectivity index (χ0n) is 12.9. The van der Waals surface area contributed by atoms with Crippen molar-refractivity contribution in [1.82, 2.24) is 0 Å². The number of carboxylic acids is 1. The van der Waals surface area contributed by atoms with E-state index in [-0.39, 0.29) is 18.1 Å². The predicted octanol–water partition coefficient (Wildman–Crippen LogP) is 2.55. The predicted molar refractivity (Wildman–Crippen MR) is 89.8 cm³/mol. The van der Waals surface area contributed by atoms with Crippen LogP contribution in [0.15, 0.2) is 47.6 Å². The smallest absolute Gasteiger partial charge is 0.337 e. The Hall–Kier alpha value is -3.35. The molecule has 0 saturated carbocycles. The van der Waals surface area contributed by atoms with Crippen LogP contribution in [0.25, 0.3) is 0 Å². The van der Waals surface area contributed by atoms with Gasteiger partial charge in [-0.3, -0.25) is 10.2 Å². The standard InChI is InChI=1S/C17H15N3O4/c1-10(19-20-13-5-3-2-4-12(13)17(22)23)11-6-7-15-14(8-11)18-16(21)9-24-15/h2-8,20H,9H2,1H3,(H,18,21)(H,22,23). The summed E-state index contributed by atoms with van der Waals surface area (Å²) in [6, 6.07) is 11.9. The molecule has 0 unspecified atom stereocenters. The van der Waals surface area contributed by atoms with Gasteiger partial charge in [0.05, 0.1) is 22.6 Å². The lowest BCUT2D eigenvalue weighted by molar-refractivity contribution is -0.118. The number of carboxylic acid groups (broad SMARTS) is 1. The molecule has 0 saturated heterocycles. The Balaban J connectivity index is 1.83. The fourth-order valence-corrected chi connectivity index (χ4v) is 2.28. The van der Waals surface area contributed by atoms with Gasteiger partial charge in [0.15, 0.2) is 6.61 Å². The molecule has 0 aromatic heterocycles. The van der Waals surface area contributed by atoms with E-state index < -0.39 is 5.97 Å². The van der Waals surface area contributed by atoms with Crippen molar-refractivity contribution >= 4 is 29.0 Å². The van der Waals surface area contributed by atoms with Crippen LogP contribution in [0.4, 0.5) is 11.4 Å². The van der Waals surface area contributed by atoms with Gasteiger partial charge in [0.2, 0.25) is 0 Å². The number of fused-ring (bicyclic) bond motifs is 1. The molecule has 0 radical (unpaired) electrons. The molecule has 7 heteroatoms. The summed E-state index contributed by atoms with van der Waals surface area (Å²) >= 11 is 0. The quantitative estimate of drug-likeness (QED) is 0.592. The highest BCUT2D eigenvalue weighted by atomic mass is 16.5. The van der Waals surface area contributed by atoms with Crippen LogP contribution in [0.5, 0.6) is 5.75 Å². The number of carbonyl (C=O) groups excluding carboxylic acids is 1. The summed E-state index contributed by atoms with van der Waals surface area (Å²) in [7, 11) is 0. The first-order chi connectivity index (χ1) is 11.5. The van der Waals surface area contributed by atoms with Crippen molar-refractivity contribution in [3.8, 4) is 5.75 Å². The normalized spacial score (nSPS) is 13.5. The van der Waals surface area contributed by atoms with E-state index >= 15 is 0 Å². The maximum Gasteiger partial charge on any atom is 0.337 e. The van der Waals surface area contributed by atoms with E-state index in [2.05, 4.69) is 15.8 Å². The van der Waals surface area contributed by atoms with Crippen LogP contribution in [0, 0.1) is 0 Å². The van der Waals surface area contributed by atoms with E-state index in [1.165, 1.54) is 6.07 Å². The van der Waals surface area contributed by atoms with E-state index in [1.54, 1.807) is 37.3 Å². The molecule has 2 aromatic carbocycles. The Bertz CT molecular complexity index is 845. The van der Waals surface area contributed by atoms with Crippen LogP contribution >= 0.6 is 0 Å². The molecule has 2 aromatic rings. The summed E-state index contributed by atoms with van der Waals surface area (Å²) < 4.78 is 5.31. The molecule has 3 N–H and O–H groups in total. The summed E-state index contributed by atoms with van der Waals surface area (Å²) in [4.78, 5) is 22.6. The molecule has 1 aliphatic rings. The maximum atomic E-state index is 11.4. The van der Waals surface area contributed by atoms with Gasteiger partial charge in [-0.2, -0.15) is 5.10 Å². The van der Waals surface area contributed by atoms with Gasteiger partial charge in [-0.25, -0.2) is 4.79 Å². The zero-order chi connectivity index (χ0) is 17.1. The Labute approximate surface area is 138 Å². The number of hydrogen-bond donors (Lipinski definition) is 3. The highest BCUT2D eigenvalue weighted by molar-refractivity contribution is 6.03. The number of nitrogens with zero attached hydrogens (tertiary/aromatic N) is 1. The fraction of sp³-hybridized carbons (Fsp3) is 0.118. The van der Waals surface area contributed by atoms with Crippen molar-refractivity contribution in [2.45, 2.75) is 6.92 Å². The van der Waals surface area contributed by atoms with Crippen molar-refractivity contribution in [3.05, 3.63) is 53.6 Å². The molecule has 0 bridgehead atoms. The summed E-state index contributed by atoms with van der Waals surface area (Å²) in [5.41, 5.74) is 5.31. The van der Waals surface area contributed by atoms with Gasteiger partial charge in [-0.1, -0.05) is 12.1 Å². The number of nitrogens with one attached hydrogen (secondary N) is 2. The molecular weight excluding hydrogens is 310 g/mol. The van der Waals surface area contributed by atoms with E-state index in [9.17, 15) is 9.59 Å². The first-order valence-corrected chi connectivity index (χ1v) is 7.24. The molecule has 0 aliphatic carbocycles. The number of hydrogen-bond acceptors (Lipinski definition) is 5. The Morgan fingerprint density at radius 2 is 2.08 bits per heavy atom. The maximum absolute atomic E-state index is 11.4. The number of rotatable bonds is 4. The molecule has 1 heterocycles. The lowest BCUT2D eigenvalue weighted by atomic mass is 10.1. The van der Waals surface area contributed by atoms with Gasteiger partial charge in [-0.05, 0) is 42.8 Å². The van der Waals surface area contributed by atoms with Gasteiger partial charge in [0.1, 0.15) is 5.75 Å². The average molecular weight is 325 g/mol. The summed E-state index contributed by atoms with van der Waals surface area (Å²) in [6.45, 7) is 1.79. The molecule has 1 aliphatic heterocycles. The third-order valence-corrected chi connectivity index (χ3v) is 3.53. The van der Waals surface area contributed by atoms with E-state index in [0.29, 0.717) is 22.8 Å². The van der Waals surface area contributed by atoms with Gasteiger partial charge in [0, 0.05) is 0 Å². The minimum absolute atomic E-state index is 0.00689. The number of anilines is 2. The molecule has 24 heavy (non-hydrogen) atoms. The number of carbonyl (C=O) groups is 2. The highest BCUT2D eigenvalue weighted by Gasteiger charge is 2.16. The minimum atomic E-state index is -1.03. The summed E-state index contributed by atoms with van der Waals surface area (Å²) in [5.74, 6) is -0.627. The van der Waals surface area contributed by atoms with E-state index in [4.69, 9.17) is 9.84 Å². The van der Waals surface area contributed by atoms with Crippen LogP contribution < -0.4 is 15.5 Å². The lowest BCUT2D eigenvalue weighted by Crippen LogP contribution is -2.25. The van der Waals surface area contributed by atoms with Gasteiger partial charge >= 0.3 is 5.97 Å². The van der Waals surface area contributed by atoms with Gasteiger partial charge in [0.25, 0.3) is 5.91 Å². The van der Waals surface area contributed by atoms with Gasteiger partial charge in [-0.15, -0.1) is 0 Å². The number of hydrazone groups is 1. The number of benzene rings is 2. The molecule has 3 rings (SSSR count). The molecule has 1 amide bonds. The second kappa shape index (κ2) is 6.41. The largest absolute Gasteiger partial charge is 0.482 e. The zero-order valence-corrected chi connectivity index (χ0v) is 12.9. The van der Waals surface area contributed by atoms with Crippen LogP contribution in [0.3, 0.4) is 0 Å². The molecule has 0 spiro atoms. The average Bonchev–Trinajstić information content (AvgIpc) is 2.59. The van der Waals surface area contributed by atoms with Crippen molar-refractivity contribution < 1.29 is 19.4 Å². The Morgan fingerprint density at radius 3 is 2.88 bits per heavy atom. The van der Waals surface area contributed by atoms with E-state index in [0.717, 1.165) is 5.56 Å². The number of ether oxygens (including phenoxy) is 1. The fourth-order valence-electron chi connectivity index (χ4n) is 2.28. The second-order valence-electron chi connectivity index (χ2n) is 5.21. The van der Waals surface area contributed by atoms with E-state index in [1.807, 2.05) is 6.07 Å². The monoisotopic (exact) mass is 325 g/mol. The van der Waals surface area contributed by atoms with Crippen molar-refractivity contribution in [2.75, 3.05) is 17.3 Å². The SMILES string of the molecule is CC(=NNc1ccccc1C(=O)O)c1ccc2c(c1)NC(=O)CO2. The molecule has 0 atom stereocenters. The van der Waals surface area contributed by atoms with Crippen LogP contribution in [-0.4, -0.2) is 29.3 Å². The van der Waals surface area contributed by atoms with Crippen LogP contribution in [0.2, 0.25) is 0 Å². The molecule has 0 fully saturated rings. The van der Waals surface area contributed by atoms with Crippen LogP contribution in [0.1, 0.15) is 22.8 Å². The third kappa shape index (κ3) is 3.19.